The van der Waals surface area contributed by atoms with Crippen LogP contribution < -0.4 is 5.32 Å². The van der Waals surface area contributed by atoms with Gasteiger partial charge in [0.05, 0.1) is 26.9 Å². The highest BCUT2D eigenvalue weighted by molar-refractivity contribution is 9.10. The number of hydrogen-bond acceptors (Lipinski definition) is 5. The molecule has 0 bridgehead atoms. The van der Waals surface area contributed by atoms with E-state index in [1.165, 1.54) is 0 Å². The Hall–Kier alpha value is -2.52. The van der Waals surface area contributed by atoms with Crippen LogP contribution in [0.3, 0.4) is 0 Å². The molecule has 0 atom stereocenters. The van der Waals surface area contributed by atoms with E-state index in [2.05, 4.69) is 36.4 Å². The molecule has 0 unspecified atom stereocenters. The summed E-state index contributed by atoms with van der Waals surface area (Å²) in [6.45, 7) is 3.24. The minimum absolute atomic E-state index is 0.168. The van der Waals surface area contributed by atoms with Gasteiger partial charge in [0.2, 0.25) is 0 Å². The fraction of sp³-hybridized carbons (Fsp3) is 0.222. The van der Waals surface area contributed by atoms with Gasteiger partial charge in [0.25, 0.3) is 5.91 Å². The van der Waals surface area contributed by atoms with E-state index in [1.807, 2.05) is 41.4 Å². The molecule has 0 aliphatic rings. The molecule has 1 N–H and O–H groups in total. The van der Waals surface area contributed by atoms with E-state index in [1.54, 1.807) is 28.2 Å². The SMILES string of the molecule is Cc1nn(CCCNC(=O)c2cnn3c(-c4cccs4)ccnc23)cc1Br. The van der Waals surface area contributed by atoms with Gasteiger partial charge >= 0.3 is 0 Å². The summed E-state index contributed by atoms with van der Waals surface area (Å²) in [6, 6.07) is 5.91. The summed E-state index contributed by atoms with van der Waals surface area (Å²) in [5.41, 5.74) is 2.92. The molecule has 4 aromatic heterocycles. The standard InChI is InChI=1S/C18H17BrN6OS/c1-12-14(19)11-24(23-12)8-3-6-21-18(26)13-10-22-25-15(5-7-20-17(13)25)16-4-2-9-27-16/h2,4-5,7,9-11H,3,6,8H2,1H3,(H,21,26). The van der Waals surface area contributed by atoms with E-state index in [-0.39, 0.29) is 5.91 Å². The molecule has 0 aliphatic heterocycles. The third-order valence-electron chi connectivity index (χ3n) is 4.16. The van der Waals surface area contributed by atoms with Crippen molar-refractivity contribution in [1.82, 2.24) is 29.7 Å². The van der Waals surface area contributed by atoms with Crippen molar-refractivity contribution in [2.24, 2.45) is 0 Å². The molecule has 0 saturated heterocycles. The fourth-order valence-electron chi connectivity index (χ4n) is 2.81. The van der Waals surface area contributed by atoms with Crippen LogP contribution in [0.25, 0.3) is 16.2 Å². The summed E-state index contributed by atoms with van der Waals surface area (Å²) >= 11 is 5.07. The van der Waals surface area contributed by atoms with Crippen LogP contribution in [0.2, 0.25) is 0 Å². The molecule has 0 aliphatic carbocycles. The number of carbonyl (C=O) groups excluding carboxylic acids is 1. The molecule has 1 amide bonds. The summed E-state index contributed by atoms with van der Waals surface area (Å²) in [6.07, 6.45) is 6.01. The average molecular weight is 445 g/mol. The van der Waals surface area contributed by atoms with Crippen molar-refractivity contribution in [2.75, 3.05) is 6.54 Å². The Balaban J connectivity index is 1.43. The molecule has 4 heterocycles. The lowest BCUT2D eigenvalue weighted by Crippen LogP contribution is -2.25. The molecule has 0 aromatic carbocycles. The van der Waals surface area contributed by atoms with Gasteiger partial charge in [0.1, 0.15) is 5.56 Å². The highest BCUT2D eigenvalue weighted by atomic mass is 79.9. The molecule has 0 fully saturated rings. The molecule has 138 valence electrons. The largest absolute Gasteiger partial charge is 0.352 e. The molecule has 0 radical (unpaired) electrons. The van der Waals surface area contributed by atoms with Crippen LogP contribution in [0.1, 0.15) is 22.5 Å². The summed E-state index contributed by atoms with van der Waals surface area (Å²) in [5.74, 6) is -0.168. The number of carbonyl (C=O) groups is 1. The number of rotatable bonds is 6. The van der Waals surface area contributed by atoms with Crippen molar-refractivity contribution in [2.45, 2.75) is 19.9 Å². The maximum atomic E-state index is 12.6. The first-order valence-electron chi connectivity index (χ1n) is 8.48. The van der Waals surface area contributed by atoms with Crippen LogP contribution in [-0.4, -0.2) is 36.8 Å². The third-order valence-corrected chi connectivity index (χ3v) is 5.83. The first kappa shape index (κ1) is 17.9. The molecule has 7 nitrogen and oxygen atoms in total. The minimum Gasteiger partial charge on any atom is -0.352 e. The van der Waals surface area contributed by atoms with Crippen LogP contribution in [0.4, 0.5) is 0 Å². The second kappa shape index (κ2) is 7.61. The quantitative estimate of drug-likeness (QED) is 0.461. The normalized spacial score (nSPS) is 11.2. The Kier molecular flexibility index (Phi) is 5.04. The summed E-state index contributed by atoms with van der Waals surface area (Å²) in [7, 11) is 0. The van der Waals surface area contributed by atoms with Crippen molar-refractivity contribution < 1.29 is 4.79 Å². The Morgan fingerprint density at radius 2 is 2.26 bits per heavy atom. The first-order chi connectivity index (χ1) is 13.1. The zero-order valence-electron chi connectivity index (χ0n) is 14.6. The number of nitrogens with zero attached hydrogens (tertiary/aromatic N) is 5. The van der Waals surface area contributed by atoms with Gasteiger partial charge in [-0.1, -0.05) is 6.07 Å². The van der Waals surface area contributed by atoms with Crippen molar-refractivity contribution in [3.05, 3.63) is 57.9 Å². The number of fused-ring (bicyclic) bond motifs is 1. The van der Waals surface area contributed by atoms with Crippen LogP contribution in [0.5, 0.6) is 0 Å². The number of amides is 1. The molecular formula is C18H17BrN6OS. The summed E-state index contributed by atoms with van der Waals surface area (Å²) < 4.78 is 4.58. The maximum Gasteiger partial charge on any atom is 0.256 e. The minimum atomic E-state index is -0.168. The highest BCUT2D eigenvalue weighted by Crippen LogP contribution is 2.25. The Morgan fingerprint density at radius 3 is 3.00 bits per heavy atom. The van der Waals surface area contributed by atoms with E-state index in [4.69, 9.17) is 0 Å². The summed E-state index contributed by atoms with van der Waals surface area (Å²) in [5, 5.41) is 13.7. The van der Waals surface area contributed by atoms with Gasteiger partial charge < -0.3 is 5.32 Å². The Labute approximate surface area is 168 Å². The molecule has 9 heteroatoms. The lowest BCUT2D eigenvalue weighted by Gasteiger charge is -2.05. The van der Waals surface area contributed by atoms with Crippen molar-refractivity contribution >= 4 is 38.8 Å². The lowest BCUT2D eigenvalue weighted by atomic mass is 10.3. The first-order valence-corrected chi connectivity index (χ1v) is 10.1. The molecule has 4 rings (SSSR count). The monoisotopic (exact) mass is 444 g/mol. The zero-order valence-corrected chi connectivity index (χ0v) is 17.0. The van der Waals surface area contributed by atoms with Gasteiger partial charge in [-0.15, -0.1) is 11.3 Å². The predicted octanol–water partition coefficient (Wildman–Crippen LogP) is 3.55. The van der Waals surface area contributed by atoms with E-state index >= 15 is 0 Å². The topological polar surface area (TPSA) is 77.1 Å². The summed E-state index contributed by atoms with van der Waals surface area (Å²) in [4.78, 5) is 18.0. The second-order valence-electron chi connectivity index (χ2n) is 6.04. The number of halogens is 1. The molecule has 0 saturated carbocycles. The van der Waals surface area contributed by atoms with Gasteiger partial charge in [-0.25, -0.2) is 9.50 Å². The fourth-order valence-corrected chi connectivity index (χ4v) is 3.86. The van der Waals surface area contributed by atoms with Crippen LogP contribution >= 0.6 is 27.3 Å². The predicted molar refractivity (Wildman–Crippen MR) is 108 cm³/mol. The van der Waals surface area contributed by atoms with E-state index in [9.17, 15) is 4.79 Å². The van der Waals surface area contributed by atoms with Gasteiger partial charge in [0, 0.05) is 25.5 Å². The van der Waals surface area contributed by atoms with E-state index < -0.39 is 0 Å². The Morgan fingerprint density at radius 1 is 1.37 bits per heavy atom. The lowest BCUT2D eigenvalue weighted by molar-refractivity contribution is 0.0954. The third kappa shape index (κ3) is 3.65. The second-order valence-corrected chi connectivity index (χ2v) is 7.84. The number of aromatic nitrogens is 5. The van der Waals surface area contributed by atoms with Crippen molar-refractivity contribution in [3.63, 3.8) is 0 Å². The van der Waals surface area contributed by atoms with Crippen molar-refractivity contribution in [1.29, 1.82) is 0 Å². The number of aryl methyl sites for hydroxylation is 2. The van der Waals surface area contributed by atoms with Gasteiger partial charge in [-0.05, 0) is 46.8 Å². The molecule has 27 heavy (non-hydrogen) atoms. The van der Waals surface area contributed by atoms with Gasteiger partial charge in [-0.3, -0.25) is 9.48 Å². The smallest absolute Gasteiger partial charge is 0.256 e. The van der Waals surface area contributed by atoms with Gasteiger partial charge in [-0.2, -0.15) is 10.2 Å². The van der Waals surface area contributed by atoms with Crippen LogP contribution in [0, 0.1) is 6.92 Å². The molecule has 0 spiro atoms. The zero-order chi connectivity index (χ0) is 18.8. The maximum absolute atomic E-state index is 12.6. The number of thiophene rings is 1. The van der Waals surface area contributed by atoms with Crippen LogP contribution in [0.15, 0.2) is 46.6 Å². The Bertz CT molecular complexity index is 1070. The van der Waals surface area contributed by atoms with Crippen molar-refractivity contribution in [3.8, 4) is 10.6 Å². The van der Waals surface area contributed by atoms with E-state index in [0.29, 0.717) is 17.8 Å². The average Bonchev–Trinajstić information content (AvgIpc) is 3.39. The van der Waals surface area contributed by atoms with Gasteiger partial charge in [0.15, 0.2) is 5.65 Å². The highest BCUT2D eigenvalue weighted by Gasteiger charge is 2.16. The van der Waals surface area contributed by atoms with Crippen LogP contribution in [-0.2, 0) is 6.54 Å². The molecular weight excluding hydrogens is 428 g/mol. The molecule has 4 aromatic rings. The van der Waals surface area contributed by atoms with E-state index in [0.717, 1.165) is 33.7 Å². The number of hydrogen-bond donors (Lipinski definition) is 1. The number of nitrogens with one attached hydrogen (secondary N) is 1.